The molecule has 1 unspecified atom stereocenters. The van der Waals surface area contributed by atoms with E-state index in [4.69, 9.17) is 10.5 Å². The van der Waals surface area contributed by atoms with Crippen LogP contribution >= 0.6 is 0 Å². The molecule has 0 aromatic carbocycles. The van der Waals surface area contributed by atoms with Gasteiger partial charge in [-0.25, -0.2) is 9.97 Å². The van der Waals surface area contributed by atoms with Crippen LogP contribution in [0.1, 0.15) is 38.7 Å². The highest BCUT2D eigenvalue weighted by Gasteiger charge is 2.07. The van der Waals surface area contributed by atoms with Crippen molar-refractivity contribution in [2.24, 2.45) is 5.92 Å². The molecule has 0 spiro atoms. The quantitative estimate of drug-likeness (QED) is 0.832. The Kier molecular flexibility index (Phi) is 4.68. The summed E-state index contributed by atoms with van der Waals surface area (Å²) in [6.07, 6.45) is 1.27. The first-order valence-electron chi connectivity index (χ1n) is 5.69. The largest absolute Gasteiger partial charge is 0.384 e. The number of anilines is 1. The van der Waals surface area contributed by atoms with E-state index >= 15 is 0 Å². The molecule has 2 N–H and O–H groups in total. The lowest BCUT2D eigenvalue weighted by atomic mass is 10.1. The van der Waals surface area contributed by atoms with Gasteiger partial charge < -0.3 is 10.5 Å². The van der Waals surface area contributed by atoms with E-state index in [1.165, 1.54) is 0 Å². The molecule has 1 atom stereocenters. The van der Waals surface area contributed by atoms with E-state index in [9.17, 15) is 0 Å². The maximum atomic E-state index is 5.67. The zero-order valence-electron chi connectivity index (χ0n) is 10.5. The number of nitrogens with zero attached hydrogens (tertiary/aromatic N) is 2. The fourth-order valence-electron chi connectivity index (χ4n) is 1.67. The van der Waals surface area contributed by atoms with Crippen LogP contribution in [0.4, 0.5) is 5.82 Å². The summed E-state index contributed by atoms with van der Waals surface area (Å²) in [6.45, 7) is 8.76. The molecule has 0 bridgehead atoms. The third kappa shape index (κ3) is 4.57. The van der Waals surface area contributed by atoms with E-state index in [1.807, 2.05) is 6.92 Å². The van der Waals surface area contributed by atoms with Crippen LogP contribution in [0.25, 0.3) is 0 Å². The van der Waals surface area contributed by atoms with Crippen molar-refractivity contribution in [1.82, 2.24) is 9.97 Å². The lowest BCUT2D eigenvalue weighted by molar-refractivity contribution is 0.0359. The summed E-state index contributed by atoms with van der Waals surface area (Å²) in [5, 5.41) is 0. The van der Waals surface area contributed by atoms with Gasteiger partial charge in [0.2, 0.25) is 0 Å². The number of nitrogens with two attached hydrogens (primary N) is 1. The molecule has 90 valence electrons. The highest BCUT2D eigenvalue weighted by Crippen LogP contribution is 2.10. The molecule has 1 aromatic heterocycles. The highest BCUT2D eigenvalue weighted by atomic mass is 16.5. The molecule has 4 nitrogen and oxygen atoms in total. The summed E-state index contributed by atoms with van der Waals surface area (Å²) in [5.41, 5.74) is 6.52. The van der Waals surface area contributed by atoms with E-state index in [-0.39, 0.29) is 6.10 Å². The molecule has 0 saturated carbocycles. The van der Waals surface area contributed by atoms with Crippen molar-refractivity contribution in [2.75, 3.05) is 5.73 Å². The second-order valence-electron chi connectivity index (χ2n) is 4.60. The fourth-order valence-corrected chi connectivity index (χ4v) is 1.67. The number of aryl methyl sites for hydroxylation is 1. The molecular formula is C12H21N3O. The minimum Gasteiger partial charge on any atom is -0.384 e. The van der Waals surface area contributed by atoms with E-state index in [0.717, 1.165) is 12.1 Å². The van der Waals surface area contributed by atoms with Crippen molar-refractivity contribution in [1.29, 1.82) is 0 Å². The predicted molar refractivity (Wildman–Crippen MR) is 64.9 cm³/mol. The molecule has 0 amide bonds. The van der Waals surface area contributed by atoms with Crippen molar-refractivity contribution in [2.45, 2.75) is 46.8 Å². The molecular weight excluding hydrogens is 202 g/mol. The number of rotatable bonds is 5. The molecule has 0 radical (unpaired) electrons. The van der Waals surface area contributed by atoms with E-state index in [2.05, 4.69) is 30.7 Å². The highest BCUT2D eigenvalue weighted by molar-refractivity contribution is 5.28. The summed E-state index contributed by atoms with van der Waals surface area (Å²) in [6, 6.07) is 1.75. The third-order valence-corrected chi connectivity index (χ3v) is 2.22. The molecule has 0 fully saturated rings. The Hall–Kier alpha value is -1.16. The lowest BCUT2D eigenvalue weighted by Gasteiger charge is -2.14. The second kappa shape index (κ2) is 5.80. The number of hydrogen-bond acceptors (Lipinski definition) is 4. The van der Waals surface area contributed by atoms with Crippen molar-refractivity contribution in [3.8, 4) is 0 Å². The van der Waals surface area contributed by atoms with Gasteiger partial charge in [-0.2, -0.15) is 0 Å². The Labute approximate surface area is 97.2 Å². The third-order valence-electron chi connectivity index (χ3n) is 2.22. The molecule has 1 rings (SSSR count). The Bertz CT molecular complexity index is 319. The van der Waals surface area contributed by atoms with Gasteiger partial charge in [0.1, 0.15) is 12.4 Å². The molecule has 1 aromatic rings. The Morgan fingerprint density at radius 2 is 2.00 bits per heavy atom. The van der Waals surface area contributed by atoms with Crippen LogP contribution in [-0.4, -0.2) is 16.1 Å². The van der Waals surface area contributed by atoms with Gasteiger partial charge in [0, 0.05) is 11.8 Å². The minimum atomic E-state index is 0.227. The first-order chi connectivity index (χ1) is 7.47. The average Bonchev–Trinajstić information content (AvgIpc) is 2.12. The van der Waals surface area contributed by atoms with Gasteiger partial charge in [0.05, 0.1) is 6.10 Å². The Morgan fingerprint density at radius 1 is 1.31 bits per heavy atom. The number of aromatic nitrogens is 2. The van der Waals surface area contributed by atoms with Gasteiger partial charge in [0.25, 0.3) is 0 Å². The Balaban J connectivity index is 2.48. The van der Waals surface area contributed by atoms with Crippen LogP contribution in [0.15, 0.2) is 6.07 Å². The van der Waals surface area contributed by atoms with Crippen LogP contribution in [-0.2, 0) is 11.3 Å². The molecule has 16 heavy (non-hydrogen) atoms. The number of ether oxygens (including phenoxy) is 1. The molecule has 0 saturated heterocycles. The minimum absolute atomic E-state index is 0.227. The Morgan fingerprint density at radius 3 is 2.56 bits per heavy atom. The molecule has 0 aliphatic rings. The van der Waals surface area contributed by atoms with E-state index in [1.54, 1.807) is 6.07 Å². The van der Waals surface area contributed by atoms with Gasteiger partial charge >= 0.3 is 0 Å². The summed E-state index contributed by atoms with van der Waals surface area (Å²) in [7, 11) is 0. The second-order valence-corrected chi connectivity index (χ2v) is 4.60. The van der Waals surface area contributed by atoms with Crippen molar-refractivity contribution >= 4 is 5.82 Å². The van der Waals surface area contributed by atoms with Gasteiger partial charge in [-0.15, -0.1) is 0 Å². The van der Waals surface area contributed by atoms with Crippen LogP contribution in [0.2, 0.25) is 0 Å². The van der Waals surface area contributed by atoms with Gasteiger partial charge in [-0.3, -0.25) is 0 Å². The average molecular weight is 223 g/mol. The normalized spacial score (nSPS) is 13.1. The monoisotopic (exact) mass is 223 g/mol. The maximum absolute atomic E-state index is 5.67. The van der Waals surface area contributed by atoms with E-state index in [0.29, 0.717) is 24.2 Å². The van der Waals surface area contributed by atoms with E-state index < -0.39 is 0 Å². The van der Waals surface area contributed by atoms with Crippen LogP contribution in [0, 0.1) is 12.8 Å². The zero-order chi connectivity index (χ0) is 12.1. The van der Waals surface area contributed by atoms with Crippen molar-refractivity contribution < 1.29 is 4.74 Å². The summed E-state index contributed by atoms with van der Waals surface area (Å²) < 4.78 is 5.67. The first-order valence-corrected chi connectivity index (χ1v) is 5.69. The predicted octanol–water partition coefficient (Wildman–Crippen LogP) is 2.32. The van der Waals surface area contributed by atoms with Crippen LogP contribution in [0.5, 0.6) is 0 Å². The van der Waals surface area contributed by atoms with Crippen LogP contribution < -0.4 is 5.73 Å². The summed E-state index contributed by atoms with van der Waals surface area (Å²) in [4.78, 5) is 8.40. The van der Waals surface area contributed by atoms with Gasteiger partial charge in [-0.05, 0) is 26.2 Å². The summed E-state index contributed by atoms with van der Waals surface area (Å²) in [5.74, 6) is 1.80. The molecule has 1 heterocycles. The zero-order valence-corrected chi connectivity index (χ0v) is 10.5. The SMILES string of the molecule is Cc1cc(N)nc(COC(C)CC(C)C)n1. The maximum Gasteiger partial charge on any atom is 0.156 e. The van der Waals surface area contributed by atoms with Crippen molar-refractivity contribution in [3.63, 3.8) is 0 Å². The molecule has 0 aliphatic carbocycles. The standard InChI is InChI=1S/C12H21N3O/c1-8(2)5-10(4)16-7-12-14-9(3)6-11(13)15-12/h6,8,10H,5,7H2,1-4H3,(H2,13,14,15). The molecule has 4 heteroatoms. The fraction of sp³-hybridized carbons (Fsp3) is 0.667. The smallest absolute Gasteiger partial charge is 0.156 e. The number of nitrogen functional groups attached to an aromatic ring is 1. The first kappa shape index (κ1) is 12.9. The van der Waals surface area contributed by atoms with Gasteiger partial charge in [-0.1, -0.05) is 13.8 Å². The van der Waals surface area contributed by atoms with Crippen LogP contribution in [0.3, 0.4) is 0 Å². The lowest BCUT2D eigenvalue weighted by Crippen LogP contribution is -2.13. The van der Waals surface area contributed by atoms with Crippen molar-refractivity contribution in [3.05, 3.63) is 17.6 Å². The summed E-state index contributed by atoms with van der Waals surface area (Å²) >= 11 is 0. The number of hydrogen-bond donors (Lipinski definition) is 1. The van der Waals surface area contributed by atoms with Gasteiger partial charge in [0.15, 0.2) is 5.82 Å². The topological polar surface area (TPSA) is 61.0 Å². The molecule has 0 aliphatic heterocycles.